The van der Waals surface area contributed by atoms with Crippen molar-refractivity contribution >= 4 is 12.4 Å². The molecule has 2 atom stereocenters. The summed E-state index contributed by atoms with van der Waals surface area (Å²) in [6.07, 6.45) is 4.58. The topological polar surface area (TPSA) is 26.0 Å². The molecule has 0 radical (unpaired) electrons. The van der Waals surface area contributed by atoms with Gasteiger partial charge < -0.3 is 5.73 Å². The van der Waals surface area contributed by atoms with Gasteiger partial charge in [0.25, 0.3) is 0 Å². The van der Waals surface area contributed by atoms with E-state index in [-0.39, 0.29) is 18.2 Å². The van der Waals surface area contributed by atoms with E-state index < -0.39 is 0 Å². The van der Waals surface area contributed by atoms with Gasteiger partial charge in [-0.3, -0.25) is 0 Å². The van der Waals surface area contributed by atoms with E-state index in [9.17, 15) is 4.39 Å². The third-order valence-corrected chi connectivity index (χ3v) is 3.06. The maximum absolute atomic E-state index is 12.7. The van der Waals surface area contributed by atoms with Crippen molar-refractivity contribution in [3.05, 3.63) is 35.6 Å². The minimum absolute atomic E-state index is 0. The lowest BCUT2D eigenvalue weighted by molar-refractivity contribution is 0.393. The Morgan fingerprint density at radius 3 is 2.40 bits per heavy atom. The first-order valence-electron chi connectivity index (χ1n) is 5.27. The zero-order valence-electron chi connectivity index (χ0n) is 8.66. The van der Waals surface area contributed by atoms with Crippen molar-refractivity contribution in [2.24, 2.45) is 5.73 Å². The van der Waals surface area contributed by atoms with E-state index in [0.29, 0.717) is 12.0 Å². The molecule has 1 aliphatic rings. The van der Waals surface area contributed by atoms with Crippen LogP contribution in [0.15, 0.2) is 24.3 Å². The number of hydrogen-bond acceptors (Lipinski definition) is 1. The Kier molecular flexibility index (Phi) is 4.55. The van der Waals surface area contributed by atoms with Crippen molar-refractivity contribution in [2.45, 2.75) is 37.6 Å². The maximum Gasteiger partial charge on any atom is 0.123 e. The van der Waals surface area contributed by atoms with Crippen LogP contribution < -0.4 is 5.73 Å². The van der Waals surface area contributed by atoms with Crippen LogP contribution in [-0.4, -0.2) is 6.04 Å². The van der Waals surface area contributed by atoms with Crippen molar-refractivity contribution < 1.29 is 4.39 Å². The highest BCUT2D eigenvalue weighted by Gasteiger charge is 2.20. The van der Waals surface area contributed by atoms with Gasteiger partial charge in [-0.25, -0.2) is 4.39 Å². The van der Waals surface area contributed by atoms with Crippen LogP contribution in [0.2, 0.25) is 0 Å². The van der Waals surface area contributed by atoms with Crippen LogP contribution in [0.1, 0.15) is 37.2 Å². The van der Waals surface area contributed by atoms with Gasteiger partial charge >= 0.3 is 0 Å². The second-order valence-electron chi connectivity index (χ2n) is 4.18. The molecule has 0 saturated heterocycles. The number of hydrogen-bond donors (Lipinski definition) is 1. The van der Waals surface area contributed by atoms with Gasteiger partial charge in [-0.1, -0.05) is 18.6 Å². The molecule has 0 spiro atoms. The fourth-order valence-corrected chi connectivity index (χ4v) is 2.27. The fourth-order valence-electron chi connectivity index (χ4n) is 2.27. The molecule has 1 aliphatic carbocycles. The molecule has 84 valence electrons. The molecule has 0 aromatic heterocycles. The number of rotatable bonds is 1. The van der Waals surface area contributed by atoms with E-state index >= 15 is 0 Å². The highest BCUT2D eigenvalue weighted by atomic mass is 35.5. The summed E-state index contributed by atoms with van der Waals surface area (Å²) >= 11 is 0. The van der Waals surface area contributed by atoms with Crippen molar-refractivity contribution in [1.29, 1.82) is 0 Å². The van der Waals surface area contributed by atoms with E-state index in [0.717, 1.165) is 12.8 Å². The summed E-state index contributed by atoms with van der Waals surface area (Å²) in [6, 6.07) is 7.18. The van der Waals surface area contributed by atoms with Crippen LogP contribution in [0.3, 0.4) is 0 Å². The van der Waals surface area contributed by atoms with Crippen LogP contribution in [0.4, 0.5) is 4.39 Å². The highest BCUT2D eigenvalue weighted by molar-refractivity contribution is 5.85. The van der Waals surface area contributed by atoms with Gasteiger partial charge in [0.1, 0.15) is 5.82 Å². The van der Waals surface area contributed by atoms with Crippen molar-refractivity contribution in [1.82, 2.24) is 0 Å². The molecular weight excluding hydrogens is 213 g/mol. The van der Waals surface area contributed by atoms with E-state index in [1.165, 1.54) is 30.5 Å². The first-order chi connectivity index (χ1) is 6.75. The third kappa shape index (κ3) is 3.18. The van der Waals surface area contributed by atoms with Gasteiger partial charge in [0, 0.05) is 6.04 Å². The molecule has 1 saturated carbocycles. The molecule has 0 amide bonds. The zero-order chi connectivity index (χ0) is 9.97. The summed E-state index contributed by atoms with van der Waals surface area (Å²) in [5, 5.41) is 0. The molecular formula is C12H17ClFN. The number of halogens is 2. The van der Waals surface area contributed by atoms with E-state index in [1.54, 1.807) is 0 Å². The van der Waals surface area contributed by atoms with Crippen molar-refractivity contribution in [3.63, 3.8) is 0 Å². The average molecular weight is 230 g/mol. The molecule has 2 N–H and O–H groups in total. The standard InChI is InChI=1S/C12H16FN.ClH/c13-11-6-4-9(5-7-11)10-2-1-3-12(14)8-10;/h4-7,10,12H,1-3,8,14H2;1H. The summed E-state index contributed by atoms with van der Waals surface area (Å²) in [7, 11) is 0. The lowest BCUT2D eigenvalue weighted by Gasteiger charge is -2.26. The predicted molar refractivity (Wildman–Crippen MR) is 62.8 cm³/mol. The van der Waals surface area contributed by atoms with Gasteiger partial charge in [-0.15, -0.1) is 12.4 Å². The Hall–Kier alpha value is -0.600. The van der Waals surface area contributed by atoms with Crippen LogP contribution in [-0.2, 0) is 0 Å². The fraction of sp³-hybridized carbons (Fsp3) is 0.500. The van der Waals surface area contributed by atoms with Gasteiger partial charge in [0.05, 0.1) is 0 Å². The van der Waals surface area contributed by atoms with Crippen LogP contribution in [0.25, 0.3) is 0 Å². The molecule has 0 aliphatic heterocycles. The Balaban J connectivity index is 0.00000112. The van der Waals surface area contributed by atoms with Gasteiger partial charge in [-0.2, -0.15) is 0 Å². The molecule has 1 aromatic rings. The van der Waals surface area contributed by atoms with E-state index in [2.05, 4.69) is 0 Å². The molecule has 2 unspecified atom stereocenters. The largest absolute Gasteiger partial charge is 0.328 e. The molecule has 3 heteroatoms. The monoisotopic (exact) mass is 229 g/mol. The molecule has 1 aromatic carbocycles. The van der Waals surface area contributed by atoms with Gasteiger partial charge in [0.15, 0.2) is 0 Å². The molecule has 1 nitrogen and oxygen atoms in total. The maximum atomic E-state index is 12.7. The van der Waals surface area contributed by atoms with Gasteiger partial charge in [-0.05, 0) is 42.9 Å². The zero-order valence-corrected chi connectivity index (χ0v) is 9.47. The SMILES string of the molecule is Cl.NC1CCCC(c2ccc(F)cc2)C1. The molecule has 1 fully saturated rings. The molecule has 0 heterocycles. The van der Waals surface area contributed by atoms with Crippen molar-refractivity contribution in [2.75, 3.05) is 0 Å². The first kappa shape index (κ1) is 12.5. The lowest BCUT2D eigenvalue weighted by atomic mass is 9.82. The number of nitrogens with two attached hydrogens (primary N) is 1. The minimum Gasteiger partial charge on any atom is -0.328 e. The van der Waals surface area contributed by atoms with Crippen LogP contribution in [0, 0.1) is 5.82 Å². The summed E-state index contributed by atoms with van der Waals surface area (Å²) in [5.74, 6) is 0.383. The quantitative estimate of drug-likeness (QED) is 0.786. The highest BCUT2D eigenvalue weighted by Crippen LogP contribution is 2.31. The summed E-state index contributed by atoms with van der Waals surface area (Å²) in [6.45, 7) is 0. The van der Waals surface area contributed by atoms with Gasteiger partial charge in [0.2, 0.25) is 0 Å². The Morgan fingerprint density at radius 1 is 1.13 bits per heavy atom. The van der Waals surface area contributed by atoms with Crippen molar-refractivity contribution in [3.8, 4) is 0 Å². The first-order valence-corrected chi connectivity index (χ1v) is 5.27. The molecule has 0 bridgehead atoms. The second-order valence-corrected chi connectivity index (χ2v) is 4.18. The van der Waals surface area contributed by atoms with Crippen LogP contribution >= 0.6 is 12.4 Å². The second kappa shape index (κ2) is 5.47. The normalized spacial score (nSPS) is 25.7. The minimum atomic E-state index is -0.158. The summed E-state index contributed by atoms with van der Waals surface area (Å²) < 4.78 is 12.7. The van der Waals surface area contributed by atoms with E-state index in [1.807, 2.05) is 12.1 Å². The van der Waals surface area contributed by atoms with E-state index in [4.69, 9.17) is 5.73 Å². The smallest absolute Gasteiger partial charge is 0.123 e. The third-order valence-electron chi connectivity index (χ3n) is 3.06. The lowest BCUT2D eigenvalue weighted by Crippen LogP contribution is -2.26. The van der Waals surface area contributed by atoms with Crippen LogP contribution in [0.5, 0.6) is 0 Å². The number of benzene rings is 1. The Bertz CT molecular complexity index is 299. The molecule has 2 rings (SSSR count). The Morgan fingerprint density at radius 2 is 1.80 bits per heavy atom. The summed E-state index contributed by atoms with van der Waals surface area (Å²) in [4.78, 5) is 0. The molecule has 15 heavy (non-hydrogen) atoms. The summed E-state index contributed by atoms with van der Waals surface area (Å²) in [5.41, 5.74) is 7.16. The average Bonchev–Trinajstić information content (AvgIpc) is 2.19. The predicted octanol–water partition coefficient (Wildman–Crippen LogP) is 3.23. The Labute approximate surface area is 96.3 Å².